The van der Waals surface area contributed by atoms with Crippen molar-refractivity contribution in [2.75, 3.05) is 5.32 Å². The summed E-state index contributed by atoms with van der Waals surface area (Å²) < 4.78 is 43.8. The van der Waals surface area contributed by atoms with Crippen molar-refractivity contribution in [2.45, 2.75) is 6.18 Å². The zero-order valence-corrected chi connectivity index (χ0v) is 14.4. The van der Waals surface area contributed by atoms with Crippen molar-refractivity contribution in [3.8, 4) is 11.3 Å². The molecule has 0 atom stereocenters. The standard InChI is InChI=1S/C18H10Cl2F3NO2/c19-12-4-1-10(2-5-12)15-7-8-16(26-15)17(25)24-14-9-11(18(21,22)23)3-6-13(14)20/h1-9H,(H,24,25). The number of hydrogen-bond acceptors (Lipinski definition) is 2. The smallest absolute Gasteiger partial charge is 0.416 e. The van der Waals surface area contributed by atoms with Crippen molar-refractivity contribution >= 4 is 34.8 Å². The quantitative estimate of drug-likeness (QED) is 0.544. The number of alkyl halides is 3. The Morgan fingerprint density at radius 2 is 1.65 bits per heavy atom. The number of anilines is 1. The SMILES string of the molecule is O=C(Nc1cc(C(F)(F)F)ccc1Cl)c1ccc(-c2ccc(Cl)cc2)o1. The largest absolute Gasteiger partial charge is 0.451 e. The number of amides is 1. The summed E-state index contributed by atoms with van der Waals surface area (Å²) in [5, 5.41) is 2.86. The van der Waals surface area contributed by atoms with Gasteiger partial charge in [-0.15, -0.1) is 0 Å². The molecular weight excluding hydrogens is 390 g/mol. The fraction of sp³-hybridized carbons (Fsp3) is 0.0556. The topological polar surface area (TPSA) is 42.2 Å². The van der Waals surface area contributed by atoms with Crippen molar-refractivity contribution in [1.29, 1.82) is 0 Å². The molecule has 0 saturated carbocycles. The van der Waals surface area contributed by atoms with Gasteiger partial charge in [0, 0.05) is 10.6 Å². The van der Waals surface area contributed by atoms with E-state index in [1.165, 1.54) is 6.07 Å². The molecule has 1 aromatic heterocycles. The summed E-state index contributed by atoms with van der Waals surface area (Å²) in [4.78, 5) is 12.3. The molecule has 8 heteroatoms. The van der Waals surface area contributed by atoms with E-state index >= 15 is 0 Å². The summed E-state index contributed by atoms with van der Waals surface area (Å²) in [6.07, 6.45) is -4.55. The third kappa shape index (κ3) is 4.03. The monoisotopic (exact) mass is 399 g/mol. The van der Waals surface area contributed by atoms with E-state index in [0.717, 1.165) is 18.2 Å². The van der Waals surface area contributed by atoms with Crippen LogP contribution < -0.4 is 5.32 Å². The number of furan rings is 1. The molecule has 3 nitrogen and oxygen atoms in total. The Kier molecular flexibility index (Phi) is 4.98. The lowest BCUT2D eigenvalue weighted by atomic mass is 10.2. The fourth-order valence-corrected chi connectivity index (χ4v) is 2.50. The first kappa shape index (κ1) is 18.4. The predicted octanol–water partition coefficient (Wildman–Crippen LogP) is 6.52. The second-order valence-corrected chi connectivity index (χ2v) is 6.16. The van der Waals surface area contributed by atoms with Crippen molar-refractivity contribution < 1.29 is 22.4 Å². The molecule has 134 valence electrons. The van der Waals surface area contributed by atoms with Gasteiger partial charge in [0.2, 0.25) is 0 Å². The molecule has 3 aromatic rings. The van der Waals surface area contributed by atoms with Crippen LogP contribution in [0.3, 0.4) is 0 Å². The van der Waals surface area contributed by atoms with Gasteiger partial charge in [-0.1, -0.05) is 23.2 Å². The van der Waals surface area contributed by atoms with Crippen molar-refractivity contribution in [3.63, 3.8) is 0 Å². The van der Waals surface area contributed by atoms with Crippen LogP contribution in [0, 0.1) is 0 Å². The molecule has 0 unspecified atom stereocenters. The van der Waals surface area contributed by atoms with Crippen LogP contribution in [-0.4, -0.2) is 5.91 Å². The average molecular weight is 400 g/mol. The lowest BCUT2D eigenvalue weighted by Crippen LogP contribution is -2.13. The highest BCUT2D eigenvalue weighted by Gasteiger charge is 2.31. The highest BCUT2D eigenvalue weighted by Crippen LogP contribution is 2.34. The van der Waals surface area contributed by atoms with Gasteiger partial charge in [-0.05, 0) is 54.6 Å². The Bertz CT molecular complexity index is 950. The van der Waals surface area contributed by atoms with E-state index in [2.05, 4.69) is 5.32 Å². The van der Waals surface area contributed by atoms with E-state index in [0.29, 0.717) is 16.3 Å². The van der Waals surface area contributed by atoms with Crippen LogP contribution in [0.4, 0.5) is 18.9 Å². The molecule has 0 saturated heterocycles. The highest BCUT2D eigenvalue weighted by molar-refractivity contribution is 6.34. The zero-order chi connectivity index (χ0) is 18.9. The predicted molar refractivity (Wildman–Crippen MR) is 93.6 cm³/mol. The Morgan fingerprint density at radius 1 is 0.962 bits per heavy atom. The van der Waals surface area contributed by atoms with Crippen LogP contribution in [-0.2, 0) is 6.18 Å². The molecule has 0 fully saturated rings. The average Bonchev–Trinajstić information content (AvgIpc) is 3.06. The van der Waals surface area contributed by atoms with Gasteiger partial charge < -0.3 is 9.73 Å². The molecule has 0 radical (unpaired) electrons. The van der Waals surface area contributed by atoms with Gasteiger partial charge in [-0.3, -0.25) is 4.79 Å². The third-order valence-electron chi connectivity index (χ3n) is 3.50. The molecule has 0 aliphatic rings. The van der Waals surface area contributed by atoms with Crippen molar-refractivity contribution in [2.24, 2.45) is 0 Å². The van der Waals surface area contributed by atoms with E-state index in [1.54, 1.807) is 30.3 Å². The van der Waals surface area contributed by atoms with Crippen molar-refractivity contribution in [1.82, 2.24) is 0 Å². The number of rotatable bonds is 3. The van der Waals surface area contributed by atoms with Gasteiger partial charge in [0.05, 0.1) is 16.3 Å². The summed E-state index contributed by atoms with van der Waals surface area (Å²) in [5.74, 6) is -0.364. The first-order valence-corrected chi connectivity index (χ1v) is 8.03. The number of nitrogens with one attached hydrogen (secondary N) is 1. The number of carbonyl (C=O) groups excluding carboxylic acids is 1. The molecule has 0 aliphatic heterocycles. The number of carbonyl (C=O) groups is 1. The molecule has 3 rings (SSSR count). The van der Waals surface area contributed by atoms with Crippen molar-refractivity contribution in [3.05, 3.63) is 76.0 Å². The second kappa shape index (κ2) is 7.05. The maximum Gasteiger partial charge on any atom is 0.416 e. The Labute approximate surface area is 156 Å². The van der Waals surface area contributed by atoms with Gasteiger partial charge in [-0.2, -0.15) is 13.2 Å². The minimum Gasteiger partial charge on any atom is -0.451 e. The minimum absolute atomic E-state index is 0.0177. The van der Waals surface area contributed by atoms with Gasteiger partial charge in [-0.25, -0.2) is 0 Å². The molecule has 0 bridgehead atoms. The lowest BCUT2D eigenvalue weighted by Gasteiger charge is -2.11. The Hall–Kier alpha value is -2.44. The van der Waals surface area contributed by atoms with E-state index in [1.807, 2.05) is 0 Å². The van der Waals surface area contributed by atoms with Crippen LogP contribution in [0.2, 0.25) is 10.0 Å². The van der Waals surface area contributed by atoms with Crippen LogP contribution in [0.5, 0.6) is 0 Å². The summed E-state index contributed by atoms with van der Waals surface area (Å²) >= 11 is 11.7. The molecule has 0 aliphatic carbocycles. The summed E-state index contributed by atoms with van der Waals surface area (Å²) in [7, 11) is 0. The number of halogens is 5. The van der Waals surface area contributed by atoms with E-state index in [-0.39, 0.29) is 16.5 Å². The first-order valence-electron chi connectivity index (χ1n) is 7.28. The fourth-order valence-electron chi connectivity index (χ4n) is 2.21. The third-order valence-corrected chi connectivity index (χ3v) is 4.08. The maximum atomic E-state index is 12.8. The van der Waals surface area contributed by atoms with Gasteiger partial charge in [0.1, 0.15) is 5.76 Å². The molecule has 1 amide bonds. The molecule has 2 aromatic carbocycles. The van der Waals surface area contributed by atoms with Gasteiger partial charge >= 0.3 is 6.18 Å². The second-order valence-electron chi connectivity index (χ2n) is 5.32. The normalized spacial score (nSPS) is 11.4. The summed E-state index contributed by atoms with van der Waals surface area (Å²) in [6.45, 7) is 0. The zero-order valence-electron chi connectivity index (χ0n) is 12.9. The molecule has 0 spiro atoms. The summed E-state index contributed by atoms with van der Waals surface area (Å²) in [6, 6.07) is 12.4. The molecular formula is C18H10Cl2F3NO2. The van der Waals surface area contributed by atoms with E-state index < -0.39 is 17.6 Å². The lowest BCUT2D eigenvalue weighted by molar-refractivity contribution is -0.137. The van der Waals surface area contributed by atoms with Crippen LogP contribution >= 0.6 is 23.2 Å². The summed E-state index contributed by atoms with van der Waals surface area (Å²) in [5.41, 5.74) is -0.375. The Morgan fingerprint density at radius 3 is 2.31 bits per heavy atom. The molecule has 1 N–H and O–H groups in total. The molecule has 1 heterocycles. The van der Waals surface area contributed by atoms with Crippen LogP contribution in [0.25, 0.3) is 11.3 Å². The van der Waals surface area contributed by atoms with Crippen LogP contribution in [0.1, 0.15) is 16.1 Å². The molecule has 26 heavy (non-hydrogen) atoms. The van der Waals surface area contributed by atoms with Crippen LogP contribution in [0.15, 0.2) is 59.0 Å². The van der Waals surface area contributed by atoms with Gasteiger partial charge in [0.15, 0.2) is 5.76 Å². The Balaban J connectivity index is 1.82. The first-order chi connectivity index (χ1) is 12.2. The maximum absolute atomic E-state index is 12.8. The highest BCUT2D eigenvalue weighted by atomic mass is 35.5. The van der Waals surface area contributed by atoms with E-state index in [9.17, 15) is 18.0 Å². The van der Waals surface area contributed by atoms with E-state index in [4.69, 9.17) is 27.6 Å². The number of hydrogen-bond donors (Lipinski definition) is 1. The minimum atomic E-state index is -4.55. The van der Waals surface area contributed by atoms with Gasteiger partial charge in [0.25, 0.3) is 5.91 Å². The number of benzene rings is 2.